The molecule has 1 fully saturated rings. The second-order valence-corrected chi connectivity index (χ2v) is 7.64. The summed E-state index contributed by atoms with van der Waals surface area (Å²) in [6, 6.07) is 10.5. The van der Waals surface area contributed by atoms with Gasteiger partial charge in [-0.1, -0.05) is 24.3 Å². The van der Waals surface area contributed by atoms with Crippen LogP contribution in [0, 0.1) is 23.2 Å². The smallest absolute Gasteiger partial charge is 0.0991 e. The van der Waals surface area contributed by atoms with E-state index in [1.54, 1.807) is 0 Å². The monoisotopic (exact) mass is 374 g/mol. The van der Waals surface area contributed by atoms with Crippen LogP contribution in [0.2, 0.25) is 0 Å². The lowest BCUT2D eigenvalue weighted by atomic mass is 9.80. The van der Waals surface area contributed by atoms with Crippen LogP contribution in [0.15, 0.2) is 59.4 Å². The Morgan fingerprint density at radius 1 is 1.29 bits per heavy atom. The van der Waals surface area contributed by atoms with Gasteiger partial charge < -0.3 is 15.3 Å². The number of fused-ring (bicyclic) bond motifs is 1. The van der Waals surface area contributed by atoms with Crippen molar-refractivity contribution in [2.24, 2.45) is 16.8 Å². The summed E-state index contributed by atoms with van der Waals surface area (Å²) in [6.45, 7) is 3.02. The third kappa shape index (κ3) is 4.09. The molecule has 0 amide bonds. The van der Waals surface area contributed by atoms with Crippen LogP contribution in [0.3, 0.4) is 0 Å². The van der Waals surface area contributed by atoms with E-state index >= 15 is 0 Å². The van der Waals surface area contributed by atoms with E-state index in [0.717, 1.165) is 43.6 Å². The molecule has 2 heterocycles. The van der Waals surface area contributed by atoms with E-state index in [1.807, 2.05) is 30.6 Å². The SMILES string of the molecule is N#Cc1cccc(C2=CC3C=CN=CC3C(NC3CCN(CCO)CC3)=C2)c1. The molecule has 2 N–H and O–H groups in total. The number of nitrogens with zero attached hydrogens (tertiary/aromatic N) is 3. The zero-order chi connectivity index (χ0) is 19.3. The van der Waals surface area contributed by atoms with Crippen molar-refractivity contribution in [1.29, 1.82) is 5.26 Å². The standard InChI is InChI=1S/C23H26N4O/c24-15-17-2-1-3-18(12-17)20-13-19-4-7-25-16-22(19)23(14-20)26-21-5-8-27(9-6-21)10-11-28/h1-4,7,12-14,16,19,21-22,26,28H,5-6,8-11H2. The van der Waals surface area contributed by atoms with Gasteiger partial charge in [-0.3, -0.25) is 4.99 Å². The average Bonchev–Trinajstić information content (AvgIpc) is 2.75. The first kappa shape index (κ1) is 18.7. The lowest BCUT2D eigenvalue weighted by Gasteiger charge is -2.36. The molecule has 4 rings (SSSR count). The van der Waals surface area contributed by atoms with Crippen LogP contribution in [-0.2, 0) is 0 Å². The summed E-state index contributed by atoms with van der Waals surface area (Å²) in [7, 11) is 0. The van der Waals surface area contributed by atoms with Crippen molar-refractivity contribution in [3.63, 3.8) is 0 Å². The van der Waals surface area contributed by atoms with E-state index in [9.17, 15) is 5.26 Å². The van der Waals surface area contributed by atoms with Crippen LogP contribution in [0.1, 0.15) is 24.0 Å². The first-order valence-corrected chi connectivity index (χ1v) is 10.0. The van der Waals surface area contributed by atoms with Crippen molar-refractivity contribution in [2.45, 2.75) is 18.9 Å². The zero-order valence-electron chi connectivity index (χ0n) is 16.0. The molecule has 0 spiro atoms. The van der Waals surface area contributed by atoms with Gasteiger partial charge >= 0.3 is 0 Å². The predicted octanol–water partition coefficient (Wildman–Crippen LogP) is 2.72. The number of hydrogen-bond donors (Lipinski definition) is 2. The van der Waals surface area contributed by atoms with E-state index in [0.29, 0.717) is 11.6 Å². The Bertz CT molecular complexity index is 869. The van der Waals surface area contributed by atoms with E-state index in [2.05, 4.69) is 45.6 Å². The molecular weight excluding hydrogens is 348 g/mol. The van der Waals surface area contributed by atoms with Gasteiger partial charge in [0.15, 0.2) is 0 Å². The maximum absolute atomic E-state index is 9.23. The Kier molecular flexibility index (Phi) is 5.70. The number of aliphatic imine (C=N–C) groups is 1. The molecule has 2 aliphatic heterocycles. The van der Waals surface area contributed by atoms with E-state index < -0.39 is 0 Å². The fourth-order valence-corrected chi connectivity index (χ4v) is 4.24. The molecular formula is C23H26N4O. The Balaban J connectivity index is 1.55. The number of benzene rings is 1. The molecule has 1 aliphatic carbocycles. The molecule has 1 aromatic rings. The summed E-state index contributed by atoms with van der Waals surface area (Å²) in [5, 5.41) is 22.2. The lowest BCUT2D eigenvalue weighted by molar-refractivity contribution is 0.158. The highest BCUT2D eigenvalue weighted by Crippen LogP contribution is 2.34. The number of allylic oxidation sites excluding steroid dienone is 5. The first-order valence-electron chi connectivity index (χ1n) is 10.0. The highest BCUT2D eigenvalue weighted by atomic mass is 16.3. The predicted molar refractivity (Wildman–Crippen MR) is 112 cm³/mol. The number of likely N-dealkylation sites (tertiary alicyclic amines) is 1. The van der Waals surface area contributed by atoms with Gasteiger partial charge in [-0.25, -0.2) is 0 Å². The largest absolute Gasteiger partial charge is 0.395 e. The van der Waals surface area contributed by atoms with E-state index in [4.69, 9.17) is 5.11 Å². The summed E-state index contributed by atoms with van der Waals surface area (Å²) in [6.07, 6.45) is 12.7. The summed E-state index contributed by atoms with van der Waals surface area (Å²) >= 11 is 0. The molecule has 144 valence electrons. The molecule has 3 aliphatic rings. The van der Waals surface area contributed by atoms with Crippen molar-refractivity contribution in [1.82, 2.24) is 10.2 Å². The molecule has 0 saturated carbocycles. The fourth-order valence-electron chi connectivity index (χ4n) is 4.24. The Morgan fingerprint density at radius 2 is 2.14 bits per heavy atom. The van der Waals surface area contributed by atoms with Gasteiger partial charge in [0.2, 0.25) is 0 Å². The number of hydrogen-bond acceptors (Lipinski definition) is 5. The number of nitrogens with one attached hydrogen (secondary N) is 1. The number of nitriles is 1. The Labute approximate surface area is 166 Å². The third-order valence-electron chi connectivity index (χ3n) is 5.80. The second-order valence-electron chi connectivity index (χ2n) is 7.64. The van der Waals surface area contributed by atoms with Crippen LogP contribution in [0.25, 0.3) is 5.57 Å². The van der Waals surface area contributed by atoms with Crippen molar-refractivity contribution >= 4 is 11.8 Å². The zero-order valence-corrected chi connectivity index (χ0v) is 16.0. The quantitative estimate of drug-likeness (QED) is 0.831. The van der Waals surface area contributed by atoms with E-state index in [1.165, 1.54) is 5.70 Å². The van der Waals surface area contributed by atoms with Gasteiger partial charge in [-0.15, -0.1) is 0 Å². The van der Waals surface area contributed by atoms with Gasteiger partial charge in [0.25, 0.3) is 0 Å². The molecule has 0 aromatic heterocycles. The summed E-state index contributed by atoms with van der Waals surface area (Å²) < 4.78 is 0. The second kappa shape index (κ2) is 8.55. The lowest BCUT2D eigenvalue weighted by Crippen LogP contribution is -2.44. The highest BCUT2D eigenvalue weighted by molar-refractivity contribution is 5.81. The maximum atomic E-state index is 9.23. The summed E-state index contributed by atoms with van der Waals surface area (Å²) in [4.78, 5) is 6.69. The molecule has 0 radical (unpaired) electrons. The van der Waals surface area contributed by atoms with Crippen molar-refractivity contribution < 1.29 is 5.11 Å². The minimum Gasteiger partial charge on any atom is -0.395 e. The normalized spacial score (nSPS) is 24.9. The number of rotatable bonds is 5. The highest BCUT2D eigenvalue weighted by Gasteiger charge is 2.29. The minimum absolute atomic E-state index is 0.228. The number of aliphatic hydroxyl groups excluding tert-OH is 1. The van der Waals surface area contributed by atoms with Gasteiger partial charge in [-0.05, 0) is 42.2 Å². The number of aliphatic hydroxyl groups is 1. The average molecular weight is 374 g/mol. The molecule has 1 aromatic carbocycles. The third-order valence-corrected chi connectivity index (χ3v) is 5.80. The van der Waals surface area contributed by atoms with Crippen LogP contribution in [0.4, 0.5) is 0 Å². The van der Waals surface area contributed by atoms with Crippen LogP contribution >= 0.6 is 0 Å². The Hall–Kier alpha value is -2.68. The molecule has 2 unspecified atom stereocenters. The van der Waals surface area contributed by atoms with E-state index in [-0.39, 0.29) is 18.4 Å². The fraction of sp³-hybridized carbons (Fsp3) is 0.391. The molecule has 5 nitrogen and oxygen atoms in total. The van der Waals surface area contributed by atoms with Crippen molar-refractivity contribution in [3.05, 3.63) is 65.5 Å². The summed E-state index contributed by atoms with van der Waals surface area (Å²) in [5.74, 6) is 0.517. The van der Waals surface area contributed by atoms with Crippen molar-refractivity contribution in [3.8, 4) is 6.07 Å². The summed E-state index contributed by atoms with van der Waals surface area (Å²) in [5.41, 5.74) is 4.11. The topological polar surface area (TPSA) is 71.7 Å². The van der Waals surface area contributed by atoms with Gasteiger partial charge in [0.1, 0.15) is 0 Å². The molecule has 1 saturated heterocycles. The molecule has 2 atom stereocenters. The Morgan fingerprint density at radius 3 is 2.93 bits per heavy atom. The molecule has 5 heteroatoms. The van der Waals surface area contributed by atoms with Gasteiger partial charge in [-0.2, -0.15) is 5.26 Å². The van der Waals surface area contributed by atoms with Crippen molar-refractivity contribution in [2.75, 3.05) is 26.2 Å². The molecule has 0 bridgehead atoms. The first-order chi connectivity index (χ1) is 13.8. The van der Waals surface area contributed by atoms with Crippen LogP contribution < -0.4 is 5.32 Å². The van der Waals surface area contributed by atoms with Crippen LogP contribution in [-0.4, -0.2) is 48.5 Å². The number of piperidine rings is 1. The minimum atomic E-state index is 0.228. The van der Waals surface area contributed by atoms with Gasteiger partial charge in [0, 0.05) is 55.6 Å². The van der Waals surface area contributed by atoms with Crippen LogP contribution in [0.5, 0.6) is 0 Å². The number of β-amino-alcohol motifs (C(OH)–C–C–N with tert-alkyl or cyclic N) is 1. The molecule has 28 heavy (non-hydrogen) atoms. The maximum Gasteiger partial charge on any atom is 0.0991 e. The van der Waals surface area contributed by atoms with Gasteiger partial charge in [0.05, 0.1) is 18.2 Å².